The number of carbonyl (C=O) groups excluding carboxylic acids is 2. The molecule has 7 rings (SSSR count). The van der Waals surface area contributed by atoms with Crippen LogP contribution in [0.2, 0.25) is 0 Å². The lowest BCUT2D eigenvalue weighted by atomic mass is 9.45. The third-order valence-electron chi connectivity index (χ3n) is 13.1. The second kappa shape index (κ2) is 16.7. The smallest absolute Gasteiger partial charge is 0.251 e. The van der Waals surface area contributed by atoms with Gasteiger partial charge < -0.3 is 31.3 Å². The minimum Gasteiger partial charge on any atom is -0.393 e. The Morgan fingerprint density at radius 3 is 2.38 bits per heavy atom. The summed E-state index contributed by atoms with van der Waals surface area (Å²) >= 11 is 0. The number of aliphatic hydroxyl groups is 1. The summed E-state index contributed by atoms with van der Waals surface area (Å²) in [6, 6.07) is 21.7. The molecule has 1 saturated heterocycles. The second-order valence-corrected chi connectivity index (χ2v) is 17.7. The van der Waals surface area contributed by atoms with E-state index in [2.05, 4.69) is 73.6 Å². The average Bonchev–Trinajstić information content (AvgIpc) is 3.51. The molecule has 10 nitrogen and oxygen atoms in total. The Hall–Kier alpha value is -3.80. The number of anilines is 1. The number of benzene rings is 3. The van der Waals surface area contributed by atoms with Crippen LogP contribution in [0.1, 0.15) is 67.6 Å². The first-order valence-corrected chi connectivity index (χ1v) is 20.1. The van der Waals surface area contributed by atoms with Crippen molar-refractivity contribution in [1.82, 2.24) is 20.6 Å². The number of hydrogen-bond acceptors (Lipinski definition) is 8. The molecule has 3 aromatic rings. The summed E-state index contributed by atoms with van der Waals surface area (Å²) in [5.41, 5.74) is 13.1. The quantitative estimate of drug-likeness (QED) is 0.176. The van der Waals surface area contributed by atoms with Gasteiger partial charge in [0.1, 0.15) is 6.04 Å². The Morgan fingerprint density at radius 1 is 1.04 bits per heavy atom. The molecule has 3 aliphatic carbocycles. The van der Waals surface area contributed by atoms with Crippen molar-refractivity contribution < 1.29 is 19.5 Å². The maximum atomic E-state index is 14.3. The van der Waals surface area contributed by atoms with Gasteiger partial charge in [-0.25, -0.2) is 0 Å². The maximum Gasteiger partial charge on any atom is 0.251 e. The number of hydroxylamine groups is 2. The van der Waals surface area contributed by atoms with Crippen molar-refractivity contribution in [1.29, 1.82) is 0 Å². The summed E-state index contributed by atoms with van der Waals surface area (Å²) in [6.07, 6.45) is 1.64. The zero-order valence-corrected chi connectivity index (χ0v) is 34.4. The van der Waals surface area contributed by atoms with E-state index < -0.39 is 24.2 Å². The van der Waals surface area contributed by atoms with Gasteiger partial charge in [-0.3, -0.25) is 14.4 Å². The van der Waals surface area contributed by atoms with Crippen molar-refractivity contribution in [2.75, 3.05) is 46.2 Å². The normalized spacial score (nSPS) is 26.9. The molecule has 4 aliphatic rings. The topological polar surface area (TPSA) is 123 Å². The van der Waals surface area contributed by atoms with Gasteiger partial charge >= 0.3 is 0 Å². The van der Waals surface area contributed by atoms with Crippen molar-refractivity contribution in [2.24, 2.45) is 34.8 Å². The van der Waals surface area contributed by atoms with E-state index in [1.54, 1.807) is 12.0 Å². The van der Waals surface area contributed by atoms with E-state index >= 15 is 0 Å². The fourth-order valence-electron chi connectivity index (χ4n) is 9.79. The molecule has 3 aromatic carbocycles. The molecule has 5 N–H and O–H groups in total. The van der Waals surface area contributed by atoms with Gasteiger partial charge in [0.15, 0.2) is 0 Å². The highest BCUT2D eigenvalue weighted by Gasteiger charge is 2.57. The first-order valence-electron chi connectivity index (χ1n) is 20.1. The minimum absolute atomic E-state index is 0.0753. The van der Waals surface area contributed by atoms with E-state index in [1.807, 2.05) is 69.5 Å². The number of nitrogens with two attached hydrogens (primary N) is 1. The average molecular weight is 753 g/mol. The van der Waals surface area contributed by atoms with Crippen LogP contribution >= 0.6 is 0 Å². The summed E-state index contributed by atoms with van der Waals surface area (Å²) in [7, 11) is 8.00. The molecule has 0 radical (unpaired) electrons. The van der Waals surface area contributed by atoms with Crippen molar-refractivity contribution in [3.05, 3.63) is 89.0 Å². The number of rotatable bonds is 14. The lowest BCUT2D eigenvalue weighted by molar-refractivity contribution is -0.175. The molecule has 1 aliphatic heterocycles. The molecule has 1 unspecified atom stereocenters. The Balaban J connectivity index is 1.26. The largest absolute Gasteiger partial charge is 0.393 e. The van der Waals surface area contributed by atoms with Crippen molar-refractivity contribution in [3.8, 4) is 11.1 Å². The van der Waals surface area contributed by atoms with Gasteiger partial charge in [0.05, 0.1) is 18.8 Å². The van der Waals surface area contributed by atoms with E-state index in [0.717, 1.165) is 40.8 Å². The van der Waals surface area contributed by atoms with Crippen molar-refractivity contribution in [3.63, 3.8) is 0 Å². The van der Waals surface area contributed by atoms with Crippen LogP contribution in [0, 0.1) is 36.0 Å². The number of amides is 2. The first kappa shape index (κ1) is 40.9. The third kappa shape index (κ3) is 8.64. The van der Waals surface area contributed by atoms with Gasteiger partial charge in [-0.1, -0.05) is 69.3 Å². The SMILES string of the molecule is Cc1c(CN2O[C@@H](CN)[C@@H]([C@H](C)O)[C@H]2C(=O)NC2C[C@@H]3C[C@H]([C@@H]2C)C3(C)C)cccc1-c1cc(C(=O)N[C@@H](Cc2ccccc2)CN(C)C)cc(N(C)C)c1. The van der Waals surface area contributed by atoms with E-state index in [9.17, 15) is 14.7 Å². The van der Waals surface area contributed by atoms with Crippen LogP contribution in [-0.2, 0) is 22.6 Å². The number of aliphatic hydroxyl groups excluding tert-OH is 1. The fraction of sp³-hybridized carbons (Fsp3) is 0.556. The molecule has 2 amide bonds. The van der Waals surface area contributed by atoms with Crippen LogP contribution in [0.15, 0.2) is 66.7 Å². The van der Waals surface area contributed by atoms with Crippen molar-refractivity contribution >= 4 is 17.5 Å². The van der Waals surface area contributed by atoms with E-state index in [-0.39, 0.29) is 30.4 Å². The minimum atomic E-state index is -0.791. The molecule has 4 fully saturated rings. The fourth-order valence-corrected chi connectivity index (χ4v) is 9.79. The predicted molar refractivity (Wildman–Crippen MR) is 220 cm³/mol. The zero-order valence-electron chi connectivity index (χ0n) is 34.4. The number of carbonyl (C=O) groups is 2. The number of likely N-dealkylation sites (N-methyl/N-ethyl adjacent to an activating group) is 1. The van der Waals surface area contributed by atoms with Gasteiger partial charge in [0.2, 0.25) is 5.91 Å². The molecule has 0 spiro atoms. The van der Waals surface area contributed by atoms with Gasteiger partial charge in [-0.2, -0.15) is 5.06 Å². The molecule has 2 bridgehead atoms. The van der Waals surface area contributed by atoms with E-state index in [0.29, 0.717) is 41.8 Å². The van der Waals surface area contributed by atoms with E-state index in [4.69, 9.17) is 10.6 Å². The number of nitrogens with one attached hydrogen (secondary N) is 2. The molecule has 9 atom stereocenters. The van der Waals surface area contributed by atoms with E-state index in [1.165, 1.54) is 12.0 Å². The van der Waals surface area contributed by atoms with Crippen molar-refractivity contribution in [2.45, 2.75) is 90.8 Å². The Kier molecular flexibility index (Phi) is 12.4. The van der Waals surface area contributed by atoms with Crippen LogP contribution in [0.4, 0.5) is 5.69 Å². The molecule has 10 heteroatoms. The highest BCUT2D eigenvalue weighted by molar-refractivity contribution is 5.97. The molecular formula is C45H64N6O4. The van der Waals surface area contributed by atoms with Crippen LogP contribution in [0.5, 0.6) is 0 Å². The Bertz CT molecular complexity index is 1810. The summed E-state index contributed by atoms with van der Waals surface area (Å²) in [6.45, 7) is 12.0. The van der Waals surface area contributed by atoms with Crippen LogP contribution in [0.3, 0.4) is 0 Å². The summed E-state index contributed by atoms with van der Waals surface area (Å²) in [5, 5.41) is 19.5. The molecular weight excluding hydrogens is 689 g/mol. The number of nitrogens with zero attached hydrogens (tertiary/aromatic N) is 3. The molecule has 55 heavy (non-hydrogen) atoms. The summed E-state index contributed by atoms with van der Waals surface area (Å²) in [4.78, 5) is 38.8. The van der Waals surface area contributed by atoms with Gasteiger partial charge in [-0.15, -0.1) is 0 Å². The Labute approximate surface area is 328 Å². The van der Waals surface area contributed by atoms with Crippen LogP contribution in [-0.4, -0.2) is 98.5 Å². The summed E-state index contributed by atoms with van der Waals surface area (Å²) < 4.78 is 0. The molecule has 0 aromatic heterocycles. The number of hydrogen-bond donors (Lipinski definition) is 4. The third-order valence-corrected chi connectivity index (χ3v) is 13.1. The summed E-state index contributed by atoms with van der Waals surface area (Å²) in [5.74, 6) is 0.868. The number of fused-ring (bicyclic) bond motifs is 2. The zero-order chi connectivity index (χ0) is 39.8. The monoisotopic (exact) mass is 752 g/mol. The Morgan fingerprint density at radius 2 is 1.76 bits per heavy atom. The van der Waals surface area contributed by atoms with Gasteiger partial charge in [0.25, 0.3) is 5.91 Å². The highest BCUT2D eigenvalue weighted by atomic mass is 16.7. The van der Waals surface area contributed by atoms with Gasteiger partial charge in [-0.05, 0) is 116 Å². The van der Waals surface area contributed by atoms with Gasteiger partial charge in [0, 0.05) is 56.4 Å². The standard InChI is InChI=1S/C45H64N6O4/c1-27-31(25-51-42(41(29(3)52)40(24-46)55-51)44(54)48-39-23-34-22-38(28(39)2)45(34,4)5)16-13-17-37(27)32-19-33(21-36(20-32)50(8)9)43(53)47-35(26-49(6)7)18-30-14-11-10-12-15-30/h10-17,19-21,28-29,34-35,38-42,52H,18,22-26,46H2,1-9H3,(H,47,53)(H,48,54)/t28-,29-,34-,35-,38+,39?,40-,41+,42-/m0/s1. The second-order valence-electron chi connectivity index (χ2n) is 17.7. The predicted octanol–water partition coefficient (Wildman–Crippen LogP) is 5.26. The lowest BCUT2D eigenvalue weighted by Crippen LogP contribution is -2.62. The molecule has 3 saturated carbocycles. The maximum absolute atomic E-state index is 14.3. The molecule has 1 heterocycles. The highest BCUT2D eigenvalue weighted by Crippen LogP contribution is 2.61. The van der Waals surface area contributed by atoms with Crippen LogP contribution < -0.4 is 21.3 Å². The lowest BCUT2D eigenvalue weighted by Gasteiger charge is -2.62. The first-order chi connectivity index (χ1) is 26.1. The van der Waals surface area contributed by atoms with Crippen LogP contribution in [0.25, 0.3) is 11.1 Å². The molecule has 298 valence electrons.